The van der Waals surface area contributed by atoms with E-state index in [2.05, 4.69) is 118 Å². The highest BCUT2D eigenvalue weighted by Gasteiger charge is 2.19. The summed E-state index contributed by atoms with van der Waals surface area (Å²) in [4.78, 5) is 38.1. The van der Waals surface area contributed by atoms with Crippen LogP contribution in [0.3, 0.4) is 0 Å². The van der Waals surface area contributed by atoms with Gasteiger partial charge in [-0.25, -0.2) is 0 Å². The maximum atomic E-state index is 12.9. The number of unbranched alkanes of at least 4 members (excludes halogenated alkanes) is 25. The second kappa shape index (κ2) is 57.9. The van der Waals surface area contributed by atoms with Gasteiger partial charge in [-0.15, -0.1) is 0 Å². The summed E-state index contributed by atoms with van der Waals surface area (Å²) in [6, 6.07) is 0. The third-order valence-corrected chi connectivity index (χ3v) is 12.3. The predicted octanol–water partition coefficient (Wildman–Crippen LogP) is 19.7. The Bertz CT molecular complexity index is 1400. The molecule has 0 fully saturated rings. The molecule has 0 amide bonds. The fourth-order valence-corrected chi connectivity index (χ4v) is 7.95. The summed E-state index contributed by atoms with van der Waals surface area (Å²) in [6.07, 6.45) is 76.9. The molecular weight excluding hydrogens is 865 g/mol. The highest BCUT2D eigenvalue weighted by atomic mass is 16.6. The van der Waals surface area contributed by atoms with Crippen LogP contribution in [0.5, 0.6) is 0 Å². The number of allylic oxidation sites excluding steroid dienone is 16. The Morgan fingerprint density at radius 3 is 0.900 bits per heavy atom. The Morgan fingerprint density at radius 2 is 0.557 bits per heavy atom. The van der Waals surface area contributed by atoms with E-state index < -0.39 is 6.10 Å². The van der Waals surface area contributed by atoms with Crippen molar-refractivity contribution in [2.75, 3.05) is 13.2 Å². The van der Waals surface area contributed by atoms with Crippen molar-refractivity contribution in [3.8, 4) is 0 Å². The fraction of sp³-hybridized carbons (Fsp3) is 0.703. The molecule has 0 spiro atoms. The van der Waals surface area contributed by atoms with Crippen LogP contribution >= 0.6 is 0 Å². The molecule has 0 aromatic rings. The minimum atomic E-state index is -0.797. The molecule has 1 atom stereocenters. The molecule has 1 unspecified atom stereocenters. The van der Waals surface area contributed by atoms with Crippen molar-refractivity contribution in [1.82, 2.24) is 0 Å². The minimum absolute atomic E-state index is 0.0920. The standard InChI is InChI=1S/C64H108O6/c1-4-7-10-13-16-19-22-24-26-28-30-32-34-36-38-40-42-45-48-51-54-57-63(66)69-60-61(59-68-62(65)56-53-50-47-44-21-18-15-12-9-6-3)70-64(67)58-55-52-49-46-43-41-39-37-35-33-31-29-27-25-23-20-17-14-11-8-5-2/h7,10,16,19,23-26,29-32,36,38,42,45,61H,4-6,8-9,11-15,17-18,20-22,27-28,33-35,37,39-41,43-44,46-60H2,1-3H3/b10-7-,19-16-,25-23-,26-24-,31-29-,32-30-,38-36-,45-42-. The molecule has 0 bridgehead atoms. The van der Waals surface area contributed by atoms with Crippen molar-refractivity contribution in [1.29, 1.82) is 0 Å². The molecule has 0 aliphatic carbocycles. The van der Waals surface area contributed by atoms with E-state index >= 15 is 0 Å². The number of carbonyl (C=O) groups is 3. The highest BCUT2D eigenvalue weighted by Crippen LogP contribution is 2.15. The summed E-state index contributed by atoms with van der Waals surface area (Å²) in [5.41, 5.74) is 0. The van der Waals surface area contributed by atoms with Gasteiger partial charge in [0.2, 0.25) is 0 Å². The zero-order chi connectivity index (χ0) is 50.7. The lowest BCUT2D eigenvalue weighted by atomic mass is 10.1. The van der Waals surface area contributed by atoms with Gasteiger partial charge in [-0.1, -0.05) is 246 Å². The molecule has 0 saturated carbocycles. The van der Waals surface area contributed by atoms with Crippen LogP contribution < -0.4 is 0 Å². The number of esters is 3. The summed E-state index contributed by atoms with van der Waals surface area (Å²) in [5, 5.41) is 0. The number of hydrogen-bond acceptors (Lipinski definition) is 6. The van der Waals surface area contributed by atoms with E-state index in [0.717, 1.165) is 103 Å². The van der Waals surface area contributed by atoms with Crippen LogP contribution in [0.25, 0.3) is 0 Å². The lowest BCUT2D eigenvalue weighted by molar-refractivity contribution is -0.167. The van der Waals surface area contributed by atoms with Gasteiger partial charge in [0.15, 0.2) is 6.10 Å². The van der Waals surface area contributed by atoms with Crippen molar-refractivity contribution >= 4 is 17.9 Å². The quantitative estimate of drug-likeness (QED) is 0.0262. The Labute approximate surface area is 432 Å². The van der Waals surface area contributed by atoms with Crippen molar-refractivity contribution in [3.63, 3.8) is 0 Å². The van der Waals surface area contributed by atoms with Gasteiger partial charge in [0.05, 0.1) is 0 Å². The topological polar surface area (TPSA) is 78.9 Å². The first-order chi connectivity index (χ1) is 34.5. The van der Waals surface area contributed by atoms with Crippen LogP contribution in [0.2, 0.25) is 0 Å². The normalized spacial score (nSPS) is 12.8. The van der Waals surface area contributed by atoms with Gasteiger partial charge in [-0.05, 0) is 103 Å². The molecule has 0 aliphatic rings. The smallest absolute Gasteiger partial charge is 0.306 e. The lowest BCUT2D eigenvalue weighted by Gasteiger charge is -2.18. The van der Waals surface area contributed by atoms with Gasteiger partial charge in [0.1, 0.15) is 13.2 Å². The highest BCUT2D eigenvalue weighted by molar-refractivity contribution is 5.71. The molecule has 0 saturated heterocycles. The van der Waals surface area contributed by atoms with Crippen LogP contribution in [0.4, 0.5) is 0 Å². The molecule has 0 aromatic heterocycles. The molecule has 0 rings (SSSR count). The molecule has 0 N–H and O–H groups in total. The van der Waals surface area contributed by atoms with E-state index in [4.69, 9.17) is 14.2 Å². The molecule has 0 heterocycles. The van der Waals surface area contributed by atoms with Gasteiger partial charge in [-0.3, -0.25) is 14.4 Å². The summed E-state index contributed by atoms with van der Waals surface area (Å²) < 4.78 is 16.8. The van der Waals surface area contributed by atoms with Gasteiger partial charge >= 0.3 is 17.9 Å². The minimum Gasteiger partial charge on any atom is -0.462 e. The SMILES string of the molecule is CC/C=C\C/C=C\C/C=C\C/C=C\C/C=C\C/C=C\CCCCC(=O)OCC(COC(=O)CCCCCCCCCCCC)OC(=O)CCCCCCCCCCC/C=C\C/C=C\CCCCCCC. The van der Waals surface area contributed by atoms with E-state index in [0.29, 0.717) is 19.3 Å². The van der Waals surface area contributed by atoms with Crippen LogP contribution in [0.15, 0.2) is 97.2 Å². The van der Waals surface area contributed by atoms with Gasteiger partial charge in [0, 0.05) is 19.3 Å². The number of carbonyl (C=O) groups excluding carboxylic acids is 3. The zero-order valence-electron chi connectivity index (χ0n) is 45.8. The number of hydrogen-bond donors (Lipinski definition) is 0. The summed E-state index contributed by atoms with van der Waals surface area (Å²) in [5.74, 6) is -0.939. The van der Waals surface area contributed by atoms with Gasteiger partial charge in [0.25, 0.3) is 0 Å². The second-order valence-electron chi connectivity index (χ2n) is 19.2. The maximum Gasteiger partial charge on any atom is 0.306 e. The first kappa shape index (κ1) is 66.3. The Hall–Kier alpha value is -3.67. The molecule has 0 aliphatic heterocycles. The molecule has 0 aromatic carbocycles. The van der Waals surface area contributed by atoms with Crippen molar-refractivity contribution in [2.24, 2.45) is 0 Å². The summed E-state index contributed by atoms with van der Waals surface area (Å²) in [7, 11) is 0. The van der Waals surface area contributed by atoms with Crippen molar-refractivity contribution < 1.29 is 28.6 Å². The van der Waals surface area contributed by atoms with Gasteiger partial charge < -0.3 is 14.2 Å². The molecule has 6 nitrogen and oxygen atoms in total. The van der Waals surface area contributed by atoms with Crippen LogP contribution in [-0.2, 0) is 28.6 Å². The zero-order valence-corrected chi connectivity index (χ0v) is 45.8. The maximum absolute atomic E-state index is 12.9. The van der Waals surface area contributed by atoms with E-state index in [-0.39, 0.29) is 31.1 Å². The van der Waals surface area contributed by atoms with E-state index in [1.54, 1.807) is 0 Å². The van der Waals surface area contributed by atoms with Gasteiger partial charge in [-0.2, -0.15) is 0 Å². The van der Waals surface area contributed by atoms with E-state index in [1.807, 2.05) is 0 Å². The van der Waals surface area contributed by atoms with Crippen molar-refractivity contribution in [3.05, 3.63) is 97.2 Å². The summed E-state index contributed by atoms with van der Waals surface area (Å²) >= 11 is 0. The first-order valence-electron chi connectivity index (χ1n) is 29.2. The molecule has 6 heteroatoms. The average Bonchev–Trinajstić information content (AvgIpc) is 3.36. The predicted molar refractivity (Wildman–Crippen MR) is 302 cm³/mol. The number of ether oxygens (including phenoxy) is 3. The third-order valence-electron chi connectivity index (χ3n) is 12.3. The Morgan fingerprint density at radius 1 is 0.300 bits per heavy atom. The fourth-order valence-electron chi connectivity index (χ4n) is 7.95. The molecule has 400 valence electrons. The lowest BCUT2D eigenvalue weighted by Crippen LogP contribution is -2.30. The summed E-state index contributed by atoms with van der Waals surface area (Å²) in [6.45, 7) is 6.47. The van der Waals surface area contributed by atoms with E-state index in [9.17, 15) is 14.4 Å². The molecule has 0 radical (unpaired) electrons. The monoisotopic (exact) mass is 973 g/mol. The third kappa shape index (κ3) is 55.3. The largest absolute Gasteiger partial charge is 0.462 e. The average molecular weight is 974 g/mol. The number of rotatable bonds is 52. The first-order valence-corrected chi connectivity index (χ1v) is 29.2. The molecular formula is C64H108O6. The molecule has 70 heavy (non-hydrogen) atoms. The van der Waals surface area contributed by atoms with Crippen LogP contribution in [-0.4, -0.2) is 37.2 Å². The van der Waals surface area contributed by atoms with E-state index in [1.165, 1.54) is 128 Å². The van der Waals surface area contributed by atoms with Crippen molar-refractivity contribution in [2.45, 2.75) is 277 Å². The van der Waals surface area contributed by atoms with Crippen LogP contribution in [0, 0.1) is 0 Å². The van der Waals surface area contributed by atoms with Crippen LogP contribution in [0.1, 0.15) is 271 Å². The Balaban J connectivity index is 4.39. The Kier molecular flexibility index (Phi) is 54.9. The second-order valence-corrected chi connectivity index (χ2v) is 19.2.